The van der Waals surface area contributed by atoms with Crippen molar-refractivity contribution in [3.8, 4) is 0 Å². The molecule has 1 aliphatic rings. The minimum Gasteiger partial charge on any atom is -0.329 e. The SMILES string of the molecule is CC1CCN(C(CN)c2ccc(Cl)cc2Br)CC1C. The molecule has 0 aromatic heterocycles. The van der Waals surface area contributed by atoms with Crippen LogP contribution in [0.2, 0.25) is 5.02 Å². The van der Waals surface area contributed by atoms with Crippen LogP contribution in [0.15, 0.2) is 22.7 Å². The summed E-state index contributed by atoms with van der Waals surface area (Å²) in [6.07, 6.45) is 1.25. The van der Waals surface area contributed by atoms with E-state index in [9.17, 15) is 0 Å². The minimum atomic E-state index is 0.279. The summed E-state index contributed by atoms with van der Waals surface area (Å²) in [7, 11) is 0. The Hall–Kier alpha value is -0.0900. The first-order chi connectivity index (χ1) is 9.02. The lowest BCUT2D eigenvalue weighted by Gasteiger charge is -2.40. The molecule has 106 valence electrons. The third-order valence-electron chi connectivity index (χ3n) is 4.35. The highest BCUT2D eigenvalue weighted by molar-refractivity contribution is 9.10. The molecule has 2 nitrogen and oxygen atoms in total. The Balaban J connectivity index is 2.20. The van der Waals surface area contributed by atoms with Crippen molar-refractivity contribution in [1.29, 1.82) is 0 Å². The van der Waals surface area contributed by atoms with Gasteiger partial charge in [0.2, 0.25) is 0 Å². The second-order valence-corrected chi connectivity index (χ2v) is 6.95. The number of nitrogens with two attached hydrogens (primary N) is 1. The first-order valence-corrected chi connectivity index (χ1v) is 8.09. The summed E-state index contributed by atoms with van der Waals surface area (Å²) < 4.78 is 1.06. The van der Waals surface area contributed by atoms with Crippen molar-refractivity contribution in [1.82, 2.24) is 4.90 Å². The molecule has 0 saturated carbocycles. The largest absolute Gasteiger partial charge is 0.329 e. The van der Waals surface area contributed by atoms with Crippen molar-refractivity contribution in [2.24, 2.45) is 17.6 Å². The monoisotopic (exact) mass is 344 g/mol. The zero-order valence-electron chi connectivity index (χ0n) is 11.6. The molecule has 4 heteroatoms. The van der Waals surface area contributed by atoms with E-state index in [0.29, 0.717) is 6.54 Å². The van der Waals surface area contributed by atoms with E-state index >= 15 is 0 Å². The Morgan fingerprint density at radius 3 is 2.74 bits per heavy atom. The maximum Gasteiger partial charge on any atom is 0.0481 e. The zero-order valence-corrected chi connectivity index (χ0v) is 13.9. The van der Waals surface area contributed by atoms with Gasteiger partial charge >= 0.3 is 0 Å². The third-order valence-corrected chi connectivity index (χ3v) is 5.27. The fraction of sp³-hybridized carbons (Fsp3) is 0.600. The van der Waals surface area contributed by atoms with Crippen LogP contribution in [0.4, 0.5) is 0 Å². The van der Waals surface area contributed by atoms with Crippen molar-refractivity contribution >= 4 is 27.5 Å². The van der Waals surface area contributed by atoms with E-state index in [0.717, 1.165) is 34.4 Å². The molecular weight excluding hydrogens is 324 g/mol. The van der Waals surface area contributed by atoms with E-state index in [1.165, 1.54) is 12.0 Å². The van der Waals surface area contributed by atoms with Gasteiger partial charge in [-0.25, -0.2) is 0 Å². The number of rotatable bonds is 3. The summed E-state index contributed by atoms with van der Waals surface area (Å²) in [5.41, 5.74) is 7.27. The summed E-state index contributed by atoms with van der Waals surface area (Å²) in [6.45, 7) is 7.57. The smallest absolute Gasteiger partial charge is 0.0481 e. The molecule has 19 heavy (non-hydrogen) atoms. The quantitative estimate of drug-likeness (QED) is 0.894. The van der Waals surface area contributed by atoms with Crippen molar-refractivity contribution in [3.05, 3.63) is 33.3 Å². The summed E-state index contributed by atoms with van der Waals surface area (Å²) in [6, 6.07) is 6.27. The molecule has 3 atom stereocenters. The number of likely N-dealkylation sites (tertiary alicyclic amines) is 1. The topological polar surface area (TPSA) is 29.3 Å². The number of piperidine rings is 1. The predicted molar refractivity (Wildman–Crippen MR) is 85.5 cm³/mol. The summed E-state index contributed by atoms with van der Waals surface area (Å²) >= 11 is 9.63. The van der Waals surface area contributed by atoms with Crippen LogP contribution >= 0.6 is 27.5 Å². The molecule has 0 aliphatic carbocycles. The van der Waals surface area contributed by atoms with Crippen LogP contribution in [0.5, 0.6) is 0 Å². The van der Waals surface area contributed by atoms with E-state index in [1.54, 1.807) is 0 Å². The summed E-state index contributed by atoms with van der Waals surface area (Å²) in [5, 5.41) is 0.757. The standard InChI is InChI=1S/C15H22BrClN2/c1-10-5-6-19(9-11(10)2)15(8-18)13-4-3-12(17)7-14(13)16/h3-4,7,10-11,15H,5-6,8-9,18H2,1-2H3. The van der Waals surface area contributed by atoms with Gasteiger partial charge in [-0.15, -0.1) is 0 Å². The average Bonchev–Trinajstić information content (AvgIpc) is 2.37. The molecule has 0 spiro atoms. The molecule has 1 fully saturated rings. The number of nitrogens with zero attached hydrogens (tertiary/aromatic N) is 1. The van der Waals surface area contributed by atoms with Gasteiger partial charge in [-0.05, 0) is 42.5 Å². The van der Waals surface area contributed by atoms with Gasteiger partial charge in [0, 0.05) is 28.6 Å². The van der Waals surface area contributed by atoms with Crippen molar-refractivity contribution < 1.29 is 0 Å². The van der Waals surface area contributed by atoms with Gasteiger partial charge in [-0.2, -0.15) is 0 Å². The highest BCUT2D eigenvalue weighted by atomic mass is 79.9. The molecule has 1 saturated heterocycles. The maximum absolute atomic E-state index is 6.03. The van der Waals surface area contributed by atoms with Crippen LogP contribution in [0, 0.1) is 11.8 Å². The molecule has 1 aromatic rings. The van der Waals surface area contributed by atoms with Crippen molar-refractivity contribution in [2.45, 2.75) is 26.3 Å². The normalized spacial score (nSPS) is 26.4. The van der Waals surface area contributed by atoms with Gasteiger partial charge in [0.05, 0.1) is 0 Å². The highest BCUT2D eigenvalue weighted by Crippen LogP contribution is 2.33. The first-order valence-electron chi connectivity index (χ1n) is 6.92. The number of halogens is 2. The molecule has 1 aromatic carbocycles. The second-order valence-electron chi connectivity index (χ2n) is 5.66. The molecule has 0 radical (unpaired) electrons. The predicted octanol–water partition coefficient (Wildman–Crippen LogP) is 4.08. The second kappa shape index (κ2) is 6.57. The van der Waals surface area contributed by atoms with Crippen LogP contribution in [0.3, 0.4) is 0 Å². The summed E-state index contributed by atoms with van der Waals surface area (Å²) in [5.74, 6) is 1.54. The fourth-order valence-corrected chi connectivity index (χ4v) is 3.77. The van der Waals surface area contributed by atoms with Gasteiger partial charge in [0.25, 0.3) is 0 Å². The fourth-order valence-electron chi connectivity index (χ4n) is 2.82. The molecule has 2 N–H and O–H groups in total. The van der Waals surface area contributed by atoms with E-state index < -0.39 is 0 Å². The van der Waals surface area contributed by atoms with Crippen LogP contribution in [-0.2, 0) is 0 Å². The average molecular weight is 346 g/mol. The highest BCUT2D eigenvalue weighted by Gasteiger charge is 2.28. The van der Waals surface area contributed by atoms with Crippen LogP contribution in [0.25, 0.3) is 0 Å². The van der Waals surface area contributed by atoms with Crippen LogP contribution in [-0.4, -0.2) is 24.5 Å². The Labute approximate surface area is 129 Å². The lowest BCUT2D eigenvalue weighted by atomic mass is 9.87. The molecule has 0 amide bonds. The van der Waals surface area contributed by atoms with Crippen LogP contribution in [0.1, 0.15) is 31.9 Å². The molecular formula is C15H22BrClN2. The van der Waals surface area contributed by atoms with Gasteiger partial charge < -0.3 is 5.73 Å². The van der Waals surface area contributed by atoms with Gasteiger partial charge in [-0.1, -0.05) is 47.4 Å². The Morgan fingerprint density at radius 2 is 2.16 bits per heavy atom. The zero-order chi connectivity index (χ0) is 14.0. The van der Waals surface area contributed by atoms with E-state index in [4.69, 9.17) is 17.3 Å². The van der Waals surface area contributed by atoms with E-state index in [2.05, 4.69) is 40.7 Å². The van der Waals surface area contributed by atoms with Gasteiger partial charge in [0.1, 0.15) is 0 Å². The molecule has 1 heterocycles. The lowest BCUT2D eigenvalue weighted by Crippen LogP contribution is -2.43. The third kappa shape index (κ3) is 3.52. The Bertz CT molecular complexity index is 438. The maximum atomic E-state index is 6.03. The molecule has 1 aliphatic heterocycles. The molecule has 2 rings (SSSR count). The van der Waals surface area contributed by atoms with Crippen molar-refractivity contribution in [3.63, 3.8) is 0 Å². The number of hydrogen-bond donors (Lipinski definition) is 1. The van der Waals surface area contributed by atoms with E-state index in [-0.39, 0.29) is 6.04 Å². The first kappa shape index (κ1) is 15.3. The molecule has 3 unspecified atom stereocenters. The van der Waals surface area contributed by atoms with E-state index in [1.807, 2.05) is 12.1 Å². The Morgan fingerprint density at radius 1 is 1.42 bits per heavy atom. The lowest BCUT2D eigenvalue weighted by molar-refractivity contribution is 0.0980. The minimum absolute atomic E-state index is 0.279. The van der Waals surface area contributed by atoms with Gasteiger partial charge in [-0.3, -0.25) is 4.90 Å². The summed E-state index contributed by atoms with van der Waals surface area (Å²) in [4.78, 5) is 2.51. The Kier molecular flexibility index (Phi) is 5.29. The van der Waals surface area contributed by atoms with Gasteiger partial charge in [0.15, 0.2) is 0 Å². The molecule has 0 bridgehead atoms. The number of hydrogen-bond acceptors (Lipinski definition) is 2. The number of benzene rings is 1. The van der Waals surface area contributed by atoms with Crippen LogP contribution < -0.4 is 5.73 Å². The van der Waals surface area contributed by atoms with Crippen molar-refractivity contribution in [2.75, 3.05) is 19.6 Å².